The summed E-state index contributed by atoms with van der Waals surface area (Å²) in [6, 6.07) is 0. The third-order valence-corrected chi connectivity index (χ3v) is 3.44. The minimum absolute atomic E-state index is 0.185. The van der Waals surface area contributed by atoms with E-state index < -0.39 is 42.5 Å². The lowest BCUT2D eigenvalue weighted by Crippen LogP contribution is -2.37. The number of rotatable bonds is 2. The number of aromatic nitrogens is 2. The maximum atomic E-state index is 13.8. The van der Waals surface area contributed by atoms with Crippen LogP contribution in [0.25, 0.3) is 0 Å². The molecular weight excluding hydrogens is 362 g/mol. The zero-order chi connectivity index (χ0) is 13.4. The largest absolute Gasteiger partial charge is 0.394 e. The number of ether oxygens (including phenoxy) is 1. The smallest absolute Gasteiger partial charge is 0.330 e. The van der Waals surface area contributed by atoms with Gasteiger partial charge in [0, 0.05) is 6.20 Å². The minimum Gasteiger partial charge on any atom is -0.394 e. The molecule has 7 nitrogen and oxygen atoms in total. The predicted octanol–water partition coefficient (Wildman–Crippen LogP) is -1.27. The van der Waals surface area contributed by atoms with E-state index in [1.54, 1.807) is 22.6 Å². The Labute approximate surface area is 113 Å². The number of aliphatic hydroxyl groups excluding tert-OH is 2. The molecule has 18 heavy (non-hydrogen) atoms. The van der Waals surface area contributed by atoms with Crippen molar-refractivity contribution in [1.29, 1.82) is 0 Å². The van der Waals surface area contributed by atoms with Gasteiger partial charge in [0.05, 0.1) is 10.2 Å². The van der Waals surface area contributed by atoms with Gasteiger partial charge in [0.25, 0.3) is 5.56 Å². The van der Waals surface area contributed by atoms with Crippen molar-refractivity contribution in [3.63, 3.8) is 0 Å². The first-order chi connectivity index (χ1) is 8.45. The Morgan fingerprint density at radius 3 is 2.78 bits per heavy atom. The summed E-state index contributed by atoms with van der Waals surface area (Å²) in [5.41, 5.74) is -1.41. The van der Waals surface area contributed by atoms with E-state index in [1.807, 2.05) is 4.98 Å². The van der Waals surface area contributed by atoms with Gasteiger partial charge in [0.2, 0.25) is 0 Å². The molecule has 0 bridgehead atoms. The Hall–Kier alpha value is -0.780. The fraction of sp³-hybridized carbons (Fsp3) is 0.556. The van der Waals surface area contributed by atoms with Crippen molar-refractivity contribution in [1.82, 2.24) is 9.55 Å². The van der Waals surface area contributed by atoms with Gasteiger partial charge in [-0.3, -0.25) is 14.3 Å². The monoisotopic (exact) mass is 372 g/mol. The molecule has 1 aliphatic heterocycles. The van der Waals surface area contributed by atoms with Crippen LogP contribution in [0.1, 0.15) is 6.23 Å². The van der Waals surface area contributed by atoms with Crippen LogP contribution in [0.15, 0.2) is 15.8 Å². The number of aromatic amines is 1. The third kappa shape index (κ3) is 2.22. The Kier molecular flexibility index (Phi) is 3.84. The zero-order valence-electron chi connectivity index (χ0n) is 8.92. The van der Waals surface area contributed by atoms with Crippen LogP contribution >= 0.6 is 22.6 Å². The summed E-state index contributed by atoms with van der Waals surface area (Å²) < 4.78 is 19.9. The Bertz CT molecular complexity index is 559. The minimum atomic E-state index is -1.86. The fourth-order valence-corrected chi connectivity index (χ4v) is 2.16. The molecule has 2 rings (SSSR count). The lowest BCUT2D eigenvalue weighted by molar-refractivity contribution is -0.0492. The molecule has 0 aliphatic carbocycles. The van der Waals surface area contributed by atoms with Crippen LogP contribution in [0.4, 0.5) is 4.39 Å². The van der Waals surface area contributed by atoms with Gasteiger partial charge in [-0.15, -0.1) is 0 Å². The van der Waals surface area contributed by atoms with Crippen molar-refractivity contribution in [3.8, 4) is 0 Å². The normalized spacial score (nSPS) is 31.8. The Morgan fingerprint density at radius 1 is 1.56 bits per heavy atom. The average molecular weight is 372 g/mol. The lowest BCUT2D eigenvalue weighted by Gasteiger charge is -2.15. The summed E-state index contributed by atoms with van der Waals surface area (Å²) in [6.07, 6.45) is -4.69. The van der Waals surface area contributed by atoms with Crippen molar-refractivity contribution in [2.45, 2.75) is 24.6 Å². The lowest BCUT2D eigenvalue weighted by atomic mass is 10.1. The highest BCUT2D eigenvalue weighted by Crippen LogP contribution is 2.30. The molecule has 1 fully saturated rings. The molecule has 1 aliphatic rings. The molecule has 0 amide bonds. The zero-order valence-corrected chi connectivity index (χ0v) is 11.1. The summed E-state index contributed by atoms with van der Waals surface area (Å²) in [5, 5.41) is 18.3. The van der Waals surface area contributed by atoms with Crippen molar-refractivity contribution in [2.24, 2.45) is 0 Å². The molecule has 100 valence electrons. The van der Waals surface area contributed by atoms with Gasteiger partial charge < -0.3 is 14.9 Å². The van der Waals surface area contributed by atoms with Crippen LogP contribution in [0.5, 0.6) is 0 Å². The van der Waals surface area contributed by atoms with Crippen molar-refractivity contribution < 1.29 is 19.3 Å². The van der Waals surface area contributed by atoms with Gasteiger partial charge in [-0.1, -0.05) is 0 Å². The SMILES string of the molecule is O=c1[nH]c(=O)n(C2OC(CO)[C@H](O)C2F)cc1I. The topological polar surface area (TPSA) is 105 Å². The van der Waals surface area contributed by atoms with E-state index >= 15 is 0 Å². The Balaban J connectivity index is 2.42. The van der Waals surface area contributed by atoms with E-state index in [1.165, 1.54) is 0 Å². The van der Waals surface area contributed by atoms with E-state index in [0.717, 1.165) is 10.8 Å². The second-order valence-corrected chi connectivity index (χ2v) is 4.99. The number of alkyl halides is 1. The molecule has 0 saturated carbocycles. The number of aliphatic hydroxyl groups is 2. The average Bonchev–Trinajstić information content (AvgIpc) is 2.61. The summed E-state index contributed by atoms with van der Waals surface area (Å²) in [4.78, 5) is 24.7. The van der Waals surface area contributed by atoms with Gasteiger partial charge in [0.1, 0.15) is 12.2 Å². The molecule has 1 aromatic rings. The quantitative estimate of drug-likeness (QED) is 0.562. The summed E-state index contributed by atoms with van der Waals surface area (Å²) in [5.74, 6) is 0. The van der Waals surface area contributed by atoms with E-state index in [2.05, 4.69) is 0 Å². The van der Waals surface area contributed by atoms with Crippen LogP contribution in [0.2, 0.25) is 0 Å². The maximum Gasteiger partial charge on any atom is 0.330 e. The van der Waals surface area contributed by atoms with Gasteiger partial charge >= 0.3 is 5.69 Å². The van der Waals surface area contributed by atoms with Crippen molar-refractivity contribution >= 4 is 22.6 Å². The summed E-state index contributed by atoms with van der Waals surface area (Å²) in [7, 11) is 0. The second kappa shape index (κ2) is 5.07. The number of halogens is 2. The molecule has 3 N–H and O–H groups in total. The standard InChI is InChI=1S/C9H10FIN2O5/c10-5-6(15)4(2-14)18-8(5)13-1-3(11)7(16)12-9(13)17/h1,4-6,8,14-15H,2H2,(H,12,16,17)/t4?,5?,6-,8?/m0/s1. The number of hydrogen-bond donors (Lipinski definition) is 3. The van der Waals surface area contributed by atoms with Crippen LogP contribution < -0.4 is 11.2 Å². The highest BCUT2D eigenvalue weighted by atomic mass is 127. The molecule has 1 saturated heterocycles. The van der Waals surface area contributed by atoms with Crippen molar-refractivity contribution in [2.75, 3.05) is 6.61 Å². The van der Waals surface area contributed by atoms with Crippen LogP contribution in [0.3, 0.4) is 0 Å². The molecule has 0 radical (unpaired) electrons. The van der Waals surface area contributed by atoms with Crippen molar-refractivity contribution in [3.05, 3.63) is 30.6 Å². The molecule has 4 atom stereocenters. The first-order valence-corrected chi connectivity index (χ1v) is 6.13. The molecule has 0 spiro atoms. The van der Waals surface area contributed by atoms with E-state index in [9.17, 15) is 19.1 Å². The fourth-order valence-electron chi connectivity index (χ4n) is 1.73. The molecule has 1 aromatic heterocycles. The van der Waals surface area contributed by atoms with Gasteiger partial charge in [-0.2, -0.15) is 0 Å². The number of nitrogens with zero attached hydrogens (tertiary/aromatic N) is 1. The van der Waals surface area contributed by atoms with E-state index in [0.29, 0.717) is 0 Å². The molecule has 2 heterocycles. The number of nitrogens with one attached hydrogen (secondary N) is 1. The van der Waals surface area contributed by atoms with Gasteiger partial charge in [-0.25, -0.2) is 9.18 Å². The van der Waals surface area contributed by atoms with Gasteiger partial charge in [0.15, 0.2) is 12.4 Å². The molecule has 3 unspecified atom stereocenters. The molecular formula is C9H10FIN2O5. The first kappa shape index (κ1) is 13.6. The highest BCUT2D eigenvalue weighted by molar-refractivity contribution is 14.1. The number of H-pyrrole nitrogens is 1. The summed E-state index contributed by atoms with van der Waals surface area (Å²) >= 11 is 1.69. The van der Waals surface area contributed by atoms with E-state index in [-0.39, 0.29) is 3.57 Å². The Morgan fingerprint density at radius 2 is 2.22 bits per heavy atom. The molecule has 9 heteroatoms. The summed E-state index contributed by atoms with van der Waals surface area (Å²) in [6.45, 7) is -0.562. The van der Waals surface area contributed by atoms with Crippen LogP contribution in [-0.2, 0) is 4.74 Å². The number of hydrogen-bond acceptors (Lipinski definition) is 5. The van der Waals surface area contributed by atoms with Crippen LogP contribution in [-0.4, -0.2) is 44.8 Å². The van der Waals surface area contributed by atoms with E-state index in [4.69, 9.17) is 9.84 Å². The third-order valence-electron chi connectivity index (χ3n) is 2.67. The molecule has 0 aromatic carbocycles. The first-order valence-electron chi connectivity index (χ1n) is 5.05. The van der Waals surface area contributed by atoms with Crippen LogP contribution in [0, 0.1) is 3.57 Å². The predicted molar refractivity (Wildman–Crippen MR) is 65.9 cm³/mol. The van der Waals surface area contributed by atoms with Gasteiger partial charge in [-0.05, 0) is 22.6 Å². The highest BCUT2D eigenvalue weighted by Gasteiger charge is 2.45. The maximum absolute atomic E-state index is 13.8. The second-order valence-electron chi connectivity index (χ2n) is 3.83.